The summed E-state index contributed by atoms with van der Waals surface area (Å²) in [6.07, 6.45) is 1.07. The molecule has 0 bridgehead atoms. The number of hydrogen-bond donors (Lipinski definition) is 1. The van der Waals surface area contributed by atoms with Gasteiger partial charge in [-0.05, 0) is 46.7 Å². The van der Waals surface area contributed by atoms with Crippen molar-refractivity contribution in [2.24, 2.45) is 0 Å². The molecular formula is C11H14INO. The molecule has 1 aliphatic rings. The van der Waals surface area contributed by atoms with Crippen molar-refractivity contribution < 1.29 is 4.74 Å². The van der Waals surface area contributed by atoms with Gasteiger partial charge in [-0.3, -0.25) is 0 Å². The molecule has 1 heterocycles. The molecule has 2 nitrogen and oxygen atoms in total. The number of morpholine rings is 1. The molecule has 1 fully saturated rings. The molecule has 0 radical (unpaired) electrons. The van der Waals surface area contributed by atoms with Crippen LogP contribution in [0.25, 0.3) is 0 Å². The molecule has 14 heavy (non-hydrogen) atoms. The first kappa shape index (κ1) is 10.4. The predicted molar refractivity (Wildman–Crippen MR) is 65.5 cm³/mol. The van der Waals surface area contributed by atoms with Crippen molar-refractivity contribution in [1.29, 1.82) is 0 Å². The van der Waals surface area contributed by atoms with Gasteiger partial charge in [-0.15, -0.1) is 0 Å². The van der Waals surface area contributed by atoms with Gasteiger partial charge in [0.05, 0.1) is 13.2 Å². The summed E-state index contributed by atoms with van der Waals surface area (Å²) in [5.74, 6) is 0. The fourth-order valence-electron chi connectivity index (χ4n) is 1.70. The van der Waals surface area contributed by atoms with E-state index in [1.54, 1.807) is 0 Å². The topological polar surface area (TPSA) is 21.3 Å². The number of rotatable bonds is 2. The van der Waals surface area contributed by atoms with Gasteiger partial charge < -0.3 is 10.1 Å². The second-order valence-corrected chi connectivity index (χ2v) is 4.81. The van der Waals surface area contributed by atoms with Crippen molar-refractivity contribution >= 4 is 22.6 Å². The van der Waals surface area contributed by atoms with Crippen LogP contribution in [0.15, 0.2) is 24.3 Å². The van der Waals surface area contributed by atoms with E-state index in [2.05, 4.69) is 52.2 Å². The van der Waals surface area contributed by atoms with E-state index in [1.165, 1.54) is 9.13 Å². The highest BCUT2D eigenvalue weighted by Crippen LogP contribution is 2.10. The third-order valence-electron chi connectivity index (χ3n) is 2.37. The quantitative estimate of drug-likeness (QED) is 0.842. The molecule has 1 aromatic rings. The molecule has 0 aliphatic carbocycles. The minimum atomic E-state index is 0.488. The Morgan fingerprint density at radius 3 is 3.14 bits per heavy atom. The monoisotopic (exact) mass is 303 g/mol. The molecule has 1 unspecified atom stereocenters. The van der Waals surface area contributed by atoms with Gasteiger partial charge in [0, 0.05) is 16.2 Å². The molecule has 0 saturated carbocycles. The normalized spacial score (nSPS) is 22.2. The first-order chi connectivity index (χ1) is 6.84. The lowest BCUT2D eigenvalue weighted by Crippen LogP contribution is -2.42. The molecule has 3 heteroatoms. The Labute approximate surface area is 98.2 Å². The number of hydrogen-bond acceptors (Lipinski definition) is 2. The molecule has 1 aliphatic heterocycles. The van der Waals surface area contributed by atoms with E-state index in [4.69, 9.17) is 4.74 Å². The van der Waals surface area contributed by atoms with E-state index in [0.717, 1.165) is 26.2 Å². The first-order valence-corrected chi connectivity index (χ1v) is 5.98. The molecule has 1 atom stereocenters. The van der Waals surface area contributed by atoms with E-state index in [1.807, 2.05) is 0 Å². The second-order valence-electron chi connectivity index (χ2n) is 3.56. The Bertz CT molecular complexity index is 297. The SMILES string of the molecule is Ic1cccc(CC2COCCN2)c1. The minimum absolute atomic E-state index is 0.488. The largest absolute Gasteiger partial charge is 0.379 e. The Morgan fingerprint density at radius 2 is 2.43 bits per heavy atom. The summed E-state index contributed by atoms with van der Waals surface area (Å²) in [6, 6.07) is 9.13. The van der Waals surface area contributed by atoms with E-state index in [0.29, 0.717) is 6.04 Å². The van der Waals surface area contributed by atoms with Gasteiger partial charge in [0.25, 0.3) is 0 Å². The van der Waals surface area contributed by atoms with Crippen molar-refractivity contribution in [2.45, 2.75) is 12.5 Å². The number of halogens is 1. The lowest BCUT2D eigenvalue weighted by Gasteiger charge is -2.23. The highest BCUT2D eigenvalue weighted by molar-refractivity contribution is 14.1. The molecule has 0 aromatic heterocycles. The summed E-state index contributed by atoms with van der Waals surface area (Å²) < 4.78 is 6.72. The fourth-order valence-corrected chi connectivity index (χ4v) is 2.31. The van der Waals surface area contributed by atoms with Crippen LogP contribution >= 0.6 is 22.6 Å². The van der Waals surface area contributed by atoms with Gasteiger partial charge in [-0.25, -0.2) is 0 Å². The summed E-state index contributed by atoms with van der Waals surface area (Å²) in [4.78, 5) is 0. The predicted octanol–water partition coefficient (Wildman–Crippen LogP) is 1.82. The molecule has 1 N–H and O–H groups in total. The average molecular weight is 303 g/mol. The number of benzene rings is 1. The molecule has 76 valence electrons. The van der Waals surface area contributed by atoms with Gasteiger partial charge in [0.15, 0.2) is 0 Å². The maximum absolute atomic E-state index is 5.42. The maximum Gasteiger partial charge on any atom is 0.0623 e. The second kappa shape index (κ2) is 5.09. The summed E-state index contributed by atoms with van der Waals surface area (Å²) in [6.45, 7) is 2.67. The highest BCUT2D eigenvalue weighted by atomic mass is 127. The maximum atomic E-state index is 5.42. The van der Waals surface area contributed by atoms with E-state index >= 15 is 0 Å². The standard InChI is InChI=1S/C11H14INO/c12-10-3-1-2-9(6-10)7-11-8-14-5-4-13-11/h1-3,6,11,13H,4-5,7-8H2. The van der Waals surface area contributed by atoms with Crippen LogP contribution < -0.4 is 5.32 Å². The molecule has 2 rings (SSSR count). The van der Waals surface area contributed by atoms with Crippen molar-refractivity contribution in [3.8, 4) is 0 Å². The third kappa shape index (κ3) is 2.93. The summed E-state index contributed by atoms with van der Waals surface area (Å²) in [5.41, 5.74) is 1.39. The zero-order valence-corrected chi connectivity index (χ0v) is 10.2. The lowest BCUT2D eigenvalue weighted by atomic mass is 10.1. The van der Waals surface area contributed by atoms with Crippen molar-refractivity contribution in [3.63, 3.8) is 0 Å². The van der Waals surface area contributed by atoms with Gasteiger partial charge in [0.1, 0.15) is 0 Å². The molecule has 1 saturated heterocycles. The zero-order chi connectivity index (χ0) is 9.80. The van der Waals surface area contributed by atoms with Crippen LogP contribution in [-0.2, 0) is 11.2 Å². The molecule has 1 aromatic carbocycles. The third-order valence-corrected chi connectivity index (χ3v) is 3.04. The summed E-state index contributed by atoms with van der Waals surface area (Å²) >= 11 is 2.35. The summed E-state index contributed by atoms with van der Waals surface area (Å²) in [7, 11) is 0. The fraction of sp³-hybridized carbons (Fsp3) is 0.455. The van der Waals surface area contributed by atoms with Gasteiger partial charge in [0.2, 0.25) is 0 Å². The van der Waals surface area contributed by atoms with E-state index in [-0.39, 0.29) is 0 Å². The lowest BCUT2D eigenvalue weighted by molar-refractivity contribution is 0.0770. The Balaban J connectivity index is 1.95. The van der Waals surface area contributed by atoms with E-state index in [9.17, 15) is 0 Å². The van der Waals surface area contributed by atoms with Crippen LogP contribution in [0.4, 0.5) is 0 Å². The molecule has 0 spiro atoms. The van der Waals surface area contributed by atoms with Gasteiger partial charge in [-0.2, -0.15) is 0 Å². The van der Waals surface area contributed by atoms with Gasteiger partial charge >= 0.3 is 0 Å². The van der Waals surface area contributed by atoms with Crippen LogP contribution in [0.2, 0.25) is 0 Å². The smallest absolute Gasteiger partial charge is 0.0623 e. The van der Waals surface area contributed by atoms with Crippen LogP contribution in [0.1, 0.15) is 5.56 Å². The van der Waals surface area contributed by atoms with Gasteiger partial charge in [-0.1, -0.05) is 12.1 Å². The molecular weight excluding hydrogens is 289 g/mol. The van der Waals surface area contributed by atoms with Crippen molar-refractivity contribution in [2.75, 3.05) is 19.8 Å². The number of nitrogens with one attached hydrogen (secondary N) is 1. The van der Waals surface area contributed by atoms with Crippen LogP contribution in [0.3, 0.4) is 0 Å². The van der Waals surface area contributed by atoms with Crippen LogP contribution in [0, 0.1) is 3.57 Å². The van der Waals surface area contributed by atoms with Crippen LogP contribution in [-0.4, -0.2) is 25.8 Å². The highest BCUT2D eigenvalue weighted by Gasteiger charge is 2.12. The average Bonchev–Trinajstić information content (AvgIpc) is 2.19. The van der Waals surface area contributed by atoms with Crippen molar-refractivity contribution in [1.82, 2.24) is 5.32 Å². The summed E-state index contributed by atoms with van der Waals surface area (Å²) in [5, 5.41) is 3.46. The Hall–Kier alpha value is -0.130. The first-order valence-electron chi connectivity index (χ1n) is 4.90. The minimum Gasteiger partial charge on any atom is -0.379 e. The van der Waals surface area contributed by atoms with Crippen molar-refractivity contribution in [3.05, 3.63) is 33.4 Å². The van der Waals surface area contributed by atoms with Crippen LogP contribution in [0.5, 0.6) is 0 Å². The Morgan fingerprint density at radius 1 is 1.50 bits per heavy atom. The van der Waals surface area contributed by atoms with E-state index < -0.39 is 0 Å². The molecule has 0 amide bonds. The Kier molecular flexibility index (Phi) is 3.78. The number of ether oxygens (including phenoxy) is 1. The zero-order valence-electron chi connectivity index (χ0n) is 8.00.